The summed E-state index contributed by atoms with van der Waals surface area (Å²) in [5.74, 6) is 0.559. The molecule has 0 radical (unpaired) electrons. The first-order valence-electron chi connectivity index (χ1n) is 5.09. The predicted molar refractivity (Wildman–Crippen MR) is 58.4 cm³/mol. The summed E-state index contributed by atoms with van der Waals surface area (Å²) in [6.45, 7) is 1.72. The van der Waals surface area contributed by atoms with Gasteiger partial charge in [0.25, 0.3) is 0 Å². The molecule has 1 unspecified atom stereocenters. The van der Waals surface area contributed by atoms with Crippen molar-refractivity contribution in [1.29, 1.82) is 0 Å². The highest BCUT2D eigenvalue weighted by molar-refractivity contribution is 5.35. The van der Waals surface area contributed by atoms with Crippen LogP contribution in [0.2, 0.25) is 0 Å². The number of nitro groups is 1. The largest absolute Gasteiger partial charge is 0.339 e. The quantitative estimate of drug-likeness (QED) is 0.581. The standard InChI is InChI=1S/C9H13N5O2/c1-10-7-2-3-13(6-7)9-11-4-8(5-12-9)14(15)16/h4-5,7,10H,2-3,6H2,1H3. The number of rotatable bonds is 3. The van der Waals surface area contributed by atoms with E-state index < -0.39 is 4.92 Å². The molecular weight excluding hydrogens is 210 g/mol. The lowest BCUT2D eigenvalue weighted by Crippen LogP contribution is -2.30. The summed E-state index contributed by atoms with van der Waals surface area (Å²) in [4.78, 5) is 19.9. The van der Waals surface area contributed by atoms with E-state index in [0.29, 0.717) is 12.0 Å². The van der Waals surface area contributed by atoms with Gasteiger partial charge in [-0.05, 0) is 13.5 Å². The van der Waals surface area contributed by atoms with Crippen LogP contribution in [0.25, 0.3) is 0 Å². The second-order valence-corrected chi connectivity index (χ2v) is 3.72. The van der Waals surface area contributed by atoms with Gasteiger partial charge in [-0.1, -0.05) is 0 Å². The zero-order chi connectivity index (χ0) is 11.5. The molecule has 0 saturated carbocycles. The van der Waals surface area contributed by atoms with Gasteiger partial charge in [-0.25, -0.2) is 9.97 Å². The summed E-state index contributed by atoms with van der Waals surface area (Å²) < 4.78 is 0. The summed E-state index contributed by atoms with van der Waals surface area (Å²) in [7, 11) is 1.92. The zero-order valence-corrected chi connectivity index (χ0v) is 8.96. The smallest absolute Gasteiger partial charge is 0.305 e. The van der Waals surface area contributed by atoms with E-state index in [-0.39, 0.29) is 5.69 Å². The van der Waals surface area contributed by atoms with Crippen LogP contribution in [0.1, 0.15) is 6.42 Å². The van der Waals surface area contributed by atoms with Crippen LogP contribution in [-0.4, -0.2) is 41.1 Å². The van der Waals surface area contributed by atoms with E-state index in [9.17, 15) is 10.1 Å². The minimum atomic E-state index is -0.496. The van der Waals surface area contributed by atoms with Gasteiger partial charge in [0.15, 0.2) is 0 Å². The molecule has 1 fully saturated rings. The van der Waals surface area contributed by atoms with Gasteiger partial charge in [0.2, 0.25) is 5.95 Å². The monoisotopic (exact) mass is 223 g/mol. The van der Waals surface area contributed by atoms with E-state index in [1.165, 1.54) is 12.4 Å². The Morgan fingerprint density at radius 2 is 2.25 bits per heavy atom. The third-order valence-electron chi connectivity index (χ3n) is 2.71. The zero-order valence-electron chi connectivity index (χ0n) is 8.96. The van der Waals surface area contributed by atoms with E-state index in [4.69, 9.17) is 0 Å². The fraction of sp³-hybridized carbons (Fsp3) is 0.556. The van der Waals surface area contributed by atoms with Gasteiger partial charge in [-0.2, -0.15) is 0 Å². The number of nitrogens with zero attached hydrogens (tertiary/aromatic N) is 4. The molecule has 1 N–H and O–H groups in total. The maximum Gasteiger partial charge on any atom is 0.305 e. The van der Waals surface area contributed by atoms with Crippen LogP contribution in [0.15, 0.2) is 12.4 Å². The molecule has 7 heteroatoms. The number of likely N-dealkylation sites (N-methyl/N-ethyl adjacent to an activating group) is 1. The van der Waals surface area contributed by atoms with E-state index in [0.717, 1.165) is 19.5 Å². The summed E-state index contributed by atoms with van der Waals surface area (Å²) >= 11 is 0. The molecule has 1 atom stereocenters. The maximum absolute atomic E-state index is 10.4. The number of anilines is 1. The van der Waals surface area contributed by atoms with Crippen molar-refractivity contribution in [1.82, 2.24) is 15.3 Å². The van der Waals surface area contributed by atoms with Gasteiger partial charge < -0.3 is 10.2 Å². The van der Waals surface area contributed by atoms with E-state index >= 15 is 0 Å². The van der Waals surface area contributed by atoms with E-state index in [2.05, 4.69) is 15.3 Å². The van der Waals surface area contributed by atoms with Gasteiger partial charge in [0.05, 0.1) is 4.92 Å². The van der Waals surface area contributed by atoms with Crippen LogP contribution in [0, 0.1) is 10.1 Å². The lowest BCUT2D eigenvalue weighted by atomic mass is 10.3. The Morgan fingerprint density at radius 3 is 2.75 bits per heavy atom. The molecule has 1 aromatic rings. The SMILES string of the molecule is CNC1CCN(c2ncc([N+](=O)[O-])cn2)C1. The molecule has 0 aromatic carbocycles. The average Bonchev–Trinajstić information content (AvgIpc) is 2.77. The highest BCUT2D eigenvalue weighted by Gasteiger charge is 2.23. The molecule has 1 aliphatic heterocycles. The Morgan fingerprint density at radius 1 is 1.56 bits per heavy atom. The van der Waals surface area contributed by atoms with Gasteiger partial charge in [-0.3, -0.25) is 10.1 Å². The fourth-order valence-electron chi connectivity index (χ4n) is 1.75. The van der Waals surface area contributed by atoms with Crippen molar-refractivity contribution in [2.45, 2.75) is 12.5 Å². The van der Waals surface area contributed by atoms with Gasteiger partial charge in [-0.15, -0.1) is 0 Å². The third-order valence-corrected chi connectivity index (χ3v) is 2.71. The number of nitrogens with one attached hydrogen (secondary N) is 1. The second-order valence-electron chi connectivity index (χ2n) is 3.72. The van der Waals surface area contributed by atoms with Crippen molar-refractivity contribution in [3.63, 3.8) is 0 Å². The number of hydrogen-bond acceptors (Lipinski definition) is 6. The van der Waals surface area contributed by atoms with Crippen LogP contribution < -0.4 is 10.2 Å². The lowest BCUT2D eigenvalue weighted by Gasteiger charge is -2.15. The molecular formula is C9H13N5O2. The second kappa shape index (κ2) is 4.40. The van der Waals surface area contributed by atoms with Crippen LogP contribution in [0.3, 0.4) is 0 Å². The molecule has 0 spiro atoms. The minimum absolute atomic E-state index is 0.0758. The maximum atomic E-state index is 10.4. The summed E-state index contributed by atoms with van der Waals surface area (Å²) in [6.07, 6.45) is 3.53. The molecule has 1 aromatic heterocycles. The molecule has 2 heterocycles. The fourth-order valence-corrected chi connectivity index (χ4v) is 1.75. The highest BCUT2D eigenvalue weighted by Crippen LogP contribution is 2.17. The Labute approximate surface area is 92.7 Å². The van der Waals surface area contributed by atoms with Gasteiger partial charge >= 0.3 is 5.69 Å². The number of hydrogen-bond donors (Lipinski definition) is 1. The Balaban J connectivity index is 2.08. The lowest BCUT2D eigenvalue weighted by molar-refractivity contribution is -0.385. The molecule has 0 amide bonds. The summed E-state index contributed by atoms with van der Waals surface area (Å²) in [5.41, 5.74) is -0.0758. The third kappa shape index (κ3) is 2.08. The van der Waals surface area contributed by atoms with Crippen molar-refractivity contribution in [2.75, 3.05) is 25.0 Å². The Hall–Kier alpha value is -1.76. The van der Waals surface area contributed by atoms with Gasteiger partial charge in [0, 0.05) is 19.1 Å². The van der Waals surface area contributed by atoms with Crippen LogP contribution >= 0.6 is 0 Å². The summed E-state index contributed by atoms with van der Waals surface area (Å²) in [5, 5.41) is 13.6. The highest BCUT2D eigenvalue weighted by atomic mass is 16.6. The molecule has 86 valence electrons. The normalized spacial score (nSPS) is 20.1. The van der Waals surface area contributed by atoms with E-state index in [1.54, 1.807) is 0 Å². The molecule has 7 nitrogen and oxygen atoms in total. The first-order valence-corrected chi connectivity index (χ1v) is 5.09. The van der Waals surface area contributed by atoms with Crippen molar-refractivity contribution in [2.24, 2.45) is 0 Å². The Kier molecular flexibility index (Phi) is 2.95. The predicted octanol–water partition coefficient (Wildman–Crippen LogP) is 0.183. The average molecular weight is 223 g/mol. The molecule has 1 aliphatic rings. The first-order chi connectivity index (χ1) is 7.70. The molecule has 0 bridgehead atoms. The Bertz CT molecular complexity index is 380. The van der Waals surface area contributed by atoms with Gasteiger partial charge in [0.1, 0.15) is 12.4 Å². The molecule has 16 heavy (non-hydrogen) atoms. The van der Waals surface area contributed by atoms with Crippen molar-refractivity contribution in [3.8, 4) is 0 Å². The molecule has 1 saturated heterocycles. The van der Waals surface area contributed by atoms with Crippen LogP contribution in [0.4, 0.5) is 11.6 Å². The summed E-state index contributed by atoms with van der Waals surface area (Å²) in [6, 6.07) is 0.443. The van der Waals surface area contributed by atoms with E-state index in [1.807, 2.05) is 11.9 Å². The van der Waals surface area contributed by atoms with Crippen molar-refractivity contribution in [3.05, 3.63) is 22.5 Å². The van der Waals surface area contributed by atoms with Crippen molar-refractivity contribution < 1.29 is 4.92 Å². The van der Waals surface area contributed by atoms with Crippen LogP contribution in [-0.2, 0) is 0 Å². The topological polar surface area (TPSA) is 84.2 Å². The van der Waals surface area contributed by atoms with Crippen molar-refractivity contribution >= 4 is 11.6 Å². The van der Waals surface area contributed by atoms with Crippen LogP contribution in [0.5, 0.6) is 0 Å². The molecule has 2 rings (SSSR count). The molecule has 0 aliphatic carbocycles. The minimum Gasteiger partial charge on any atom is -0.339 e. The number of aromatic nitrogens is 2. The first kappa shape index (κ1) is 10.7.